The second kappa shape index (κ2) is 7.75. The Bertz CT molecular complexity index is 657. The molecule has 1 aromatic heterocycles. The average Bonchev–Trinajstić information content (AvgIpc) is 2.56. The highest BCUT2D eigenvalue weighted by molar-refractivity contribution is 6.30. The Morgan fingerprint density at radius 1 is 1.22 bits per heavy atom. The van der Waals surface area contributed by atoms with Crippen molar-refractivity contribution in [3.8, 4) is 11.8 Å². The van der Waals surface area contributed by atoms with E-state index in [9.17, 15) is 9.90 Å². The summed E-state index contributed by atoms with van der Waals surface area (Å²) in [5.74, 6) is 0.144. The molecule has 122 valence electrons. The number of methoxy groups -OCH3 is 2. The molecule has 1 aromatic carbocycles. The number of halogens is 1. The van der Waals surface area contributed by atoms with Gasteiger partial charge in [0.15, 0.2) is 5.82 Å². The number of aliphatic hydroxyl groups is 1. The molecule has 2 N–H and O–H groups in total. The van der Waals surface area contributed by atoms with E-state index in [1.165, 1.54) is 20.3 Å². The fourth-order valence-corrected chi connectivity index (χ4v) is 1.92. The Labute approximate surface area is 138 Å². The van der Waals surface area contributed by atoms with E-state index in [4.69, 9.17) is 21.1 Å². The molecule has 0 aliphatic carbocycles. The maximum Gasteiger partial charge on any atom is 0.227 e. The lowest BCUT2D eigenvalue weighted by atomic mass is 10.2. The molecular weight excluding hydrogens is 322 g/mol. The van der Waals surface area contributed by atoms with Crippen LogP contribution in [0.4, 0.5) is 5.69 Å². The quantitative estimate of drug-likeness (QED) is 0.839. The van der Waals surface area contributed by atoms with Crippen LogP contribution in [-0.2, 0) is 4.79 Å². The largest absolute Gasteiger partial charge is 0.481 e. The second-order valence-corrected chi connectivity index (χ2v) is 5.02. The smallest absolute Gasteiger partial charge is 0.227 e. The van der Waals surface area contributed by atoms with Gasteiger partial charge in [-0.2, -0.15) is 9.97 Å². The third-order valence-corrected chi connectivity index (χ3v) is 3.17. The average molecular weight is 338 g/mol. The first-order valence-corrected chi connectivity index (χ1v) is 7.10. The number of hydrogen-bond donors (Lipinski definition) is 2. The molecule has 0 aliphatic rings. The van der Waals surface area contributed by atoms with Gasteiger partial charge in [-0.1, -0.05) is 11.6 Å². The summed E-state index contributed by atoms with van der Waals surface area (Å²) in [4.78, 5) is 20.0. The summed E-state index contributed by atoms with van der Waals surface area (Å²) in [6.45, 7) is 0. The normalized spacial score (nSPS) is 11.7. The lowest BCUT2D eigenvalue weighted by molar-refractivity contribution is -0.118. The third-order valence-electron chi connectivity index (χ3n) is 2.92. The van der Waals surface area contributed by atoms with E-state index in [2.05, 4.69) is 15.3 Å². The van der Waals surface area contributed by atoms with Crippen molar-refractivity contribution in [2.75, 3.05) is 19.5 Å². The van der Waals surface area contributed by atoms with Gasteiger partial charge in [0.2, 0.25) is 17.7 Å². The van der Waals surface area contributed by atoms with E-state index < -0.39 is 6.10 Å². The highest BCUT2D eigenvalue weighted by Gasteiger charge is 2.18. The first kappa shape index (κ1) is 17.0. The van der Waals surface area contributed by atoms with Gasteiger partial charge >= 0.3 is 0 Å². The van der Waals surface area contributed by atoms with Crippen molar-refractivity contribution in [3.05, 3.63) is 41.2 Å². The summed E-state index contributed by atoms with van der Waals surface area (Å²) in [6.07, 6.45) is -1.40. The highest BCUT2D eigenvalue weighted by Crippen LogP contribution is 2.21. The summed E-state index contributed by atoms with van der Waals surface area (Å²) in [5.41, 5.74) is 0.579. The van der Waals surface area contributed by atoms with Gasteiger partial charge in [-0.3, -0.25) is 4.79 Å². The van der Waals surface area contributed by atoms with Crippen LogP contribution < -0.4 is 14.8 Å². The van der Waals surface area contributed by atoms with Crippen LogP contribution in [-0.4, -0.2) is 35.2 Å². The summed E-state index contributed by atoms with van der Waals surface area (Å²) >= 11 is 5.78. The van der Waals surface area contributed by atoms with Gasteiger partial charge in [0.05, 0.1) is 26.7 Å². The molecule has 1 amide bonds. The number of rotatable bonds is 6. The van der Waals surface area contributed by atoms with Crippen LogP contribution in [0.1, 0.15) is 18.3 Å². The molecule has 23 heavy (non-hydrogen) atoms. The van der Waals surface area contributed by atoms with E-state index in [1.54, 1.807) is 24.3 Å². The molecule has 0 fully saturated rings. The van der Waals surface area contributed by atoms with Crippen LogP contribution >= 0.6 is 11.6 Å². The molecule has 0 aliphatic heterocycles. The predicted molar refractivity (Wildman–Crippen MR) is 84.8 cm³/mol. The lowest BCUT2D eigenvalue weighted by Gasteiger charge is -2.12. The maximum absolute atomic E-state index is 12.0. The number of nitrogens with zero attached hydrogens (tertiary/aromatic N) is 2. The highest BCUT2D eigenvalue weighted by atomic mass is 35.5. The molecule has 2 aromatic rings. The minimum Gasteiger partial charge on any atom is -0.481 e. The van der Waals surface area contributed by atoms with E-state index in [1.807, 2.05) is 0 Å². The molecule has 1 atom stereocenters. The van der Waals surface area contributed by atoms with Crippen molar-refractivity contribution in [3.63, 3.8) is 0 Å². The fraction of sp³-hybridized carbons (Fsp3) is 0.267. The SMILES string of the molecule is COc1cc(OC)nc(C(O)CC(=O)Nc2ccc(Cl)cc2)n1. The van der Waals surface area contributed by atoms with Crippen LogP contribution in [0.2, 0.25) is 5.02 Å². The number of aliphatic hydroxyl groups excluding tert-OH is 1. The summed E-state index contributed by atoms with van der Waals surface area (Å²) in [7, 11) is 2.87. The third kappa shape index (κ3) is 4.80. The van der Waals surface area contributed by atoms with E-state index in [0.717, 1.165) is 0 Å². The molecule has 2 rings (SSSR count). The Morgan fingerprint density at radius 2 is 1.78 bits per heavy atom. The van der Waals surface area contributed by atoms with Crippen molar-refractivity contribution >= 4 is 23.2 Å². The fourth-order valence-electron chi connectivity index (χ4n) is 1.79. The molecule has 0 radical (unpaired) electrons. The van der Waals surface area contributed by atoms with Crippen LogP contribution in [0.3, 0.4) is 0 Å². The van der Waals surface area contributed by atoms with Crippen molar-refractivity contribution in [2.45, 2.75) is 12.5 Å². The van der Waals surface area contributed by atoms with E-state index >= 15 is 0 Å². The number of nitrogens with one attached hydrogen (secondary N) is 1. The van der Waals surface area contributed by atoms with Gasteiger partial charge < -0.3 is 19.9 Å². The Morgan fingerprint density at radius 3 is 2.30 bits per heavy atom. The van der Waals surface area contributed by atoms with Crippen LogP contribution in [0, 0.1) is 0 Å². The standard InChI is InChI=1S/C15H16ClN3O4/c1-22-13-8-14(23-2)19-15(18-13)11(20)7-12(21)17-10-5-3-9(16)4-6-10/h3-6,8,11,20H,7H2,1-2H3,(H,17,21). The summed E-state index contributed by atoms with van der Waals surface area (Å²) in [5, 5.41) is 13.4. The number of aromatic nitrogens is 2. The zero-order valence-corrected chi connectivity index (χ0v) is 13.4. The molecule has 8 heteroatoms. The van der Waals surface area contributed by atoms with E-state index in [0.29, 0.717) is 10.7 Å². The van der Waals surface area contributed by atoms with Gasteiger partial charge in [0.25, 0.3) is 0 Å². The van der Waals surface area contributed by atoms with Gasteiger partial charge in [0, 0.05) is 10.7 Å². The number of carbonyl (C=O) groups is 1. The molecule has 1 heterocycles. The topological polar surface area (TPSA) is 93.6 Å². The number of benzene rings is 1. The Hall–Kier alpha value is -2.38. The molecule has 0 bridgehead atoms. The van der Waals surface area contributed by atoms with Crippen molar-refractivity contribution in [1.82, 2.24) is 9.97 Å². The molecule has 7 nitrogen and oxygen atoms in total. The summed E-state index contributed by atoms with van der Waals surface area (Å²) in [6, 6.07) is 8.12. The van der Waals surface area contributed by atoms with Crippen LogP contribution in [0.15, 0.2) is 30.3 Å². The number of amides is 1. The van der Waals surface area contributed by atoms with Gasteiger partial charge in [-0.05, 0) is 24.3 Å². The lowest BCUT2D eigenvalue weighted by Crippen LogP contribution is -2.17. The maximum atomic E-state index is 12.0. The second-order valence-electron chi connectivity index (χ2n) is 4.59. The van der Waals surface area contributed by atoms with Crippen LogP contribution in [0.5, 0.6) is 11.8 Å². The van der Waals surface area contributed by atoms with Gasteiger partial charge in [-0.15, -0.1) is 0 Å². The van der Waals surface area contributed by atoms with Gasteiger partial charge in [0.1, 0.15) is 6.10 Å². The number of hydrogen-bond acceptors (Lipinski definition) is 6. The minimum absolute atomic E-state index is 0.0486. The van der Waals surface area contributed by atoms with E-state index in [-0.39, 0.29) is 29.9 Å². The predicted octanol–water partition coefficient (Wildman–Crippen LogP) is 2.21. The number of anilines is 1. The number of ether oxygens (including phenoxy) is 2. The Kier molecular flexibility index (Phi) is 5.72. The first-order valence-electron chi connectivity index (χ1n) is 6.72. The molecule has 0 spiro atoms. The van der Waals surface area contributed by atoms with Crippen molar-refractivity contribution < 1.29 is 19.4 Å². The molecule has 1 unspecified atom stereocenters. The van der Waals surface area contributed by atoms with Gasteiger partial charge in [-0.25, -0.2) is 0 Å². The number of carbonyl (C=O) groups excluding carboxylic acids is 1. The van der Waals surface area contributed by atoms with Crippen molar-refractivity contribution in [2.24, 2.45) is 0 Å². The zero-order valence-electron chi connectivity index (χ0n) is 12.6. The zero-order chi connectivity index (χ0) is 16.8. The van der Waals surface area contributed by atoms with Crippen LogP contribution in [0.25, 0.3) is 0 Å². The van der Waals surface area contributed by atoms with Crippen molar-refractivity contribution in [1.29, 1.82) is 0 Å². The molecular formula is C15H16ClN3O4. The minimum atomic E-state index is -1.19. The molecule has 0 saturated heterocycles. The molecule has 0 saturated carbocycles. The monoisotopic (exact) mass is 337 g/mol. The first-order chi connectivity index (χ1) is 11.0. The Balaban J connectivity index is 2.04. The summed E-state index contributed by atoms with van der Waals surface area (Å²) < 4.78 is 10.0.